The Labute approximate surface area is 170 Å². The fourth-order valence-electron chi connectivity index (χ4n) is 2.68. The van der Waals surface area contributed by atoms with E-state index in [1.165, 1.54) is 7.11 Å². The number of aliphatic hydroxyl groups is 3. The zero-order valence-corrected chi connectivity index (χ0v) is 16.2. The van der Waals surface area contributed by atoms with E-state index in [2.05, 4.69) is 10.1 Å². The lowest BCUT2D eigenvalue weighted by atomic mass is 9.98. The van der Waals surface area contributed by atoms with Gasteiger partial charge in [0.1, 0.15) is 35.9 Å². The van der Waals surface area contributed by atoms with Crippen LogP contribution in [0.15, 0.2) is 33.9 Å². The zero-order chi connectivity index (χ0) is 22.4. The lowest BCUT2D eigenvalue weighted by Gasteiger charge is -2.40. The average Bonchev–Trinajstić information content (AvgIpc) is 2.76. The van der Waals surface area contributed by atoms with Crippen molar-refractivity contribution in [3.8, 4) is 11.5 Å². The van der Waals surface area contributed by atoms with Crippen molar-refractivity contribution in [1.82, 2.24) is 0 Å². The molecule has 0 saturated carbocycles. The molecule has 5 atom stereocenters. The lowest BCUT2D eigenvalue weighted by molar-refractivity contribution is -0.269. The first-order valence-corrected chi connectivity index (χ1v) is 8.86. The maximum Gasteiger partial charge on any atom is 0.292 e. The molecule has 1 saturated heterocycles. The standard InChI is InChI=1S/C17H19NO8.C2H4O2/c1-7-2-4-8(5-3-7)25-17-16(24)14(22)11(19)9(26-17)6-18-10-12(20)15(23)13(10)21;1-4-2-3/h2-5,9,11,14,16-20,22,24H,6H2,1H3;2H,1H3/t9?,11-,14?,16?,17+;/m1./s1. The molecule has 0 bridgehead atoms. The summed E-state index contributed by atoms with van der Waals surface area (Å²) in [6.45, 7) is 2.07. The van der Waals surface area contributed by atoms with Gasteiger partial charge >= 0.3 is 0 Å². The molecular formula is C19H23NO10. The third-order valence-electron chi connectivity index (χ3n) is 4.40. The van der Waals surface area contributed by atoms with Crippen LogP contribution < -0.4 is 20.9 Å². The first kappa shape index (κ1) is 23.3. The number of hydrogen-bond donors (Lipinski definition) is 5. The summed E-state index contributed by atoms with van der Waals surface area (Å²) in [7, 11) is 1.31. The van der Waals surface area contributed by atoms with Crippen molar-refractivity contribution in [1.29, 1.82) is 0 Å². The summed E-state index contributed by atoms with van der Waals surface area (Å²) in [5.74, 6) is -0.289. The molecule has 1 heterocycles. The SMILES string of the molecule is COC=O.Cc1ccc(O[C@H]2OC(CNc3c(O)c(=O)c3=O)[C@@H](O)C(O)C2O)cc1. The highest BCUT2D eigenvalue weighted by atomic mass is 16.7. The highest BCUT2D eigenvalue weighted by Gasteiger charge is 2.45. The van der Waals surface area contributed by atoms with E-state index in [0.29, 0.717) is 12.2 Å². The number of aromatic hydroxyl groups is 1. The van der Waals surface area contributed by atoms with Crippen LogP contribution in [0, 0.1) is 6.92 Å². The first-order valence-electron chi connectivity index (χ1n) is 8.86. The minimum absolute atomic E-state index is 0.197. The van der Waals surface area contributed by atoms with Crippen LogP contribution >= 0.6 is 0 Å². The summed E-state index contributed by atoms with van der Waals surface area (Å²) in [5, 5.41) is 42.0. The minimum atomic E-state index is -1.55. The number of carbonyl (C=O) groups excluding carboxylic acids is 1. The van der Waals surface area contributed by atoms with Crippen LogP contribution in [-0.4, -0.2) is 71.3 Å². The zero-order valence-electron chi connectivity index (χ0n) is 16.2. The molecule has 0 aliphatic carbocycles. The Kier molecular flexibility index (Phi) is 7.89. The molecular weight excluding hydrogens is 402 g/mol. The van der Waals surface area contributed by atoms with E-state index in [1.54, 1.807) is 24.3 Å². The van der Waals surface area contributed by atoms with Gasteiger partial charge in [-0.05, 0) is 19.1 Å². The van der Waals surface area contributed by atoms with Gasteiger partial charge in [-0.3, -0.25) is 14.4 Å². The summed E-state index contributed by atoms with van der Waals surface area (Å²) in [4.78, 5) is 31.3. The number of rotatable bonds is 6. The second-order valence-electron chi connectivity index (χ2n) is 6.54. The summed E-state index contributed by atoms with van der Waals surface area (Å²) in [6.07, 6.45) is -6.84. The van der Waals surface area contributed by atoms with Gasteiger partial charge in [-0.25, -0.2) is 0 Å². The molecule has 30 heavy (non-hydrogen) atoms. The van der Waals surface area contributed by atoms with Gasteiger partial charge in [-0.2, -0.15) is 0 Å². The van der Waals surface area contributed by atoms with Crippen LogP contribution in [-0.2, 0) is 14.3 Å². The number of aryl methyl sites for hydroxylation is 1. The Balaban J connectivity index is 0.000000735. The molecule has 1 aliphatic rings. The number of aliphatic hydroxyl groups excluding tert-OH is 3. The van der Waals surface area contributed by atoms with E-state index in [0.717, 1.165) is 5.56 Å². The van der Waals surface area contributed by atoms with E-state index >= 15 is 0 Å². The normalized spacial score (nSPS) is 25.7. The topological polar surface area (TPSA) is 172 Å². The molecule has 0 amide bonds. The van der Waals surface area contributed by atoms with Gasteiger partial charge in [0.2, 0.25) is 6.29 Å². The fourth-order valence-corrected chi connectivity index (χ4v) is 2.68. The number of methoxy groups -OCH3 is 1. The number of benzene rings is 1. The van der Waals surface area contributed by atoms with Crippen LogP contribution in [0.5, 0.6) is 11.5 Å². The number of anilines is 1. The van der Waals surface area contributed by atoms with E-state index < -0.39 is 47.3 Å². The molecule has 11 nitrogen and oxygen atoms in total. The van der Waals surface area contributed by atoms with Gasteiger partial charge < -0.3 is 40.0 Å². The molecule has 5 N–H and O–H groups in total. The number of carbonyl (C=O) groups is 1. The quantitative estimate of drug-likeness (QED) is 0.266. The highest BCUT2D eigenvalue weighted by Crippen LogP contribution is 2.25. The van der Waals surface area contributed by atoms with Crippen LogP contribution in [0.3, 0.4) is 0 Å². The number of nitrogens with one attached hydrogen (secondary N) is 1. The molecule has 2 aromatic rings. The third kappa shape index (κ3) is 5.13. The predicted molar refractivity (Wildman–Crippen MR) is 103 cm³/mol. The molecule has 0 radical (unpaired) electrons. The van der Waals surface area contributed by atoms with Gasteiger partial charge in [-0.1, -0.05) is 17.7 Å². The summed E-state index contributed by atoms with van der Waals surface area (Å²) >= 11 is 0. The maximum atomic E-state index is 11.3. The van der Waals surface area contributed by atoms with Crippen molar-refractivity contribution in [3.05, 3.63) is 50.3 Å². The van der Waals surface area contributed by atoms with Crippen molar-refractivity contribution in [2.75, 3.05) is 19.0 Å². The molecule has 1 aliphatic heterocycles. The van der Waals surface area contributed by atoms with Gasteiger partial charge in [0, 0.05) is 6.54 Å². The van der Waals surface area contributed by atoms with E-state index in [4.69, 9.17) is 14.3 Å². The third-order valence-corrected chi connectivity index (χ3v) is 4.40. The maximum absolute atomic E-state index is 11.3. The Morgan fingerprint density at radius 1 is 1.07 bits per heavy atom. The van der Waals surface area contributed by atoms with Crippen LogP contribution in [0.25, 0.3) is 0 Å². The molecule has 3 unspecified atom stereocenters. The van der Waals surface area contributed by atoms with Crippen LogP contribution in [0.4, 0.5) is 5.69 Å². The Bertz CT molecular complexity index is 905. The largest absolute Gasteiger partial charge is 0.502 e. The second-order valence-corrected chi connectivity index (χ2v) is 6.54. The van der Waals surface area contributed by atoms with Gasteiger partial charge in [0.25, 0.3) is 17.3 Å². The first-order chi connectivity index (χ1) is 14.2. The van der Waals surface area contributed by atoms with Crippen molar-refractivity contribution in [2.24, 2.45) is 0 Å². The fraction of sp³-hybridized carbons (Fsp3) is 0.421. The van der Waals surface area contributed by atoms with E-state index in [-0.39, 0.29) is 12.2 Å². The summed E-state index contributed by atoms with van der Waals surface area (Å²) < 4.78 is 14.9. The van der Waals surface area contributed by atoms with Gasteiger partial charge in [0.05, 0.1) is 7.11 Å². The molecule has 2 aromatic carbocycles. The number of ether oxygens (including phenoxy) is 3. The van der Waals surface area contributed by atoms with Crippen molar-refractivity contribution in [2.45, 2.75) is 37.6 Å². The van der Waals surface area contributed by atoms with Crippen LogP contribution in [0.2, 0.25) is 0 Å². The monoisotopic (exact) mass is 425 g/mol. The summed E-state index contributed by atoms with van der Waals surface area (Å²) in [5.41, 5.74) is -1.13. The van der Waals surface area contributed by atoms with Gasteiger partial charge in [0.15, 0.2) is 5.75 Å². The molecule has 0 aromatic heterocycles. The van der Waals surface area contributed by atoms with Gasteiger partial charge in [-0.15, -0.1) is 0 Å². The van der Waals surface area contributed by atoms with E-state index in [1.807, 2.05) is 6.92 Å². The Morgan fingerprint density at radius 2 is 1.67 bits per heavy atom. The molecule has 0 spiro atoms. The number of hydrogen-bond acceptors (Lipinski definition) is 11. The Morgan fingerprint density at radius 3 is 2.20 bits per heavy atom. The molecule has 164 valence electrons. The lowest BCUT2D eigenvalue weighted by Crippen LogP contribution is -2.60. The smallest absolute Gasteiger partial charge is 0.292 e. The molecule has 3 rings (SSSR count). The second kappa shape index (κ2) is 10.2. The summed E-state index contributed by atoms with van der Waals surface area (Å²) in [6, 6.07) is 6.92. The molecule has 11 heteroatoms. The average molecular weight is 425 g/mol. The highest BCUT2D eigenvalue weighted by molar-refractivity contribution is 5.60. The van der Waals surface area contributed by atoms with Crippen LogP contribution in [0.1, 0.15) is 5.56 Å². The van der Waals surface area contributed by atoms with Crippen molar-refractivity contribution in [3.63, 3.8) is 0 Å². The predicted octanol–water partition coefficient (Wildman–Crippen LogP) is -1.62. The van der Waals surface area contributed by atoms with E-state index in [9.17, 15) is 30.0 Å². The minimum Gasteiger partial charge on any atom is -0.502 e. The van der Waals surface area contributed by atoms with Crippen molar-refractivity contribution >= 4 is 12.2 Å². The Hall–Kier alpha value is -2.99. The molecule has 1 fully saturated rings. The van der Waals surface area contributed by atoms with Crippen molar-refractivity contribution < 1.29 is 39.4 Å².